The Morgan fingerprint density at radius 2 is 2.19 bits per heavy atom. The van der Waals surface area contributed by atoms with E-state index in [0.717, 1.165) is 11.8 Å². The number of fused-ring (bicyclic) bond motifs is 3. The molecule has 0 saturated heterocycles. The van der Waals surface area contributed by atoms with Gasteiger partial charge in [0, 0.05) is 6.04 Å². The molecule has 0 aromatic heterocycles. The topological polar surface area (TPSA) is 93.7 Å². The van der Waals surface area contributed by atoms with Gasteiger partial charge in [-0.15, -0.1) is 0 Å². The zero-order valence-electron chi connectivity index (χ0n) is 15.3. The first-order chi connectivity index (χ1) is 13.0. The number of carbonyl (C=O) groups excluding carboxylic acids is 3. The number of nitrogens with one attached hydrogen (secondary N) is 2. The van der Waals surface area contributed by atoms with Crippen LogP contribution in [-0.2, 0) is 14.3 Å². The summed E-state index contributed by atoms with van der Waals surface area (Å²) in [6, 6.07) is 4.73. The van der Waals surface area contributed by atoms with Crippen molar-refractivity contribution in [3.8, 4) is 5.75 Å². The monoisotopic (exact) mass is 372 g/mol. The molecule has 1 heterocycles. The fourth-order valence-electron chi connectivity index (χ4n) is 4.72. The van der Waals surface area contributed by atoms with Crippen LogP contribution in [-0.4, -0.2) is 37.0 Å². The number of ether oxygens (including phenoxy) is 2. The van der Waals surface area contributed by atoms with E-state index in [4.69, 9.17) is 9.47 Å². The summed E-state index contributed by atoms with van der Waals surface area (Å²) in [5.41, 5.74) is 0.791. The predicted octanol–water partition coefficient (Wildman–Crippen LogP) is 2.12. The van der Waals surface area contributed by atoms with Gasteiger partial charge < -0.3 is 20.1 Å². The third-order valence-electron chi connectivity index (χ3n) is 6.01. The van der Waals surface area contributed by atoms with Crippen molar-refractivity contribution in [2.45, 2.75) is 38.6 Å². The van der Waals surface area contributed by atoms with Gasteiger partial charge in [-0.1, -0.05) is 6.42 Å². The number of anilines is 1. The summed E-state index contributed by atoms with van der Waals surface area (Å²) in [5, 5.41) is 5.64. The van der Waals surface area contributed by atoms with E-state index in [-0.39, 0.29) is 36.6 Å². The fourth-order valence-corrected chi connectivity index (χ4v) is 4.72. The highest BCUT2D eigenvalue weighted by atomic mass is 16.5. The van der Waals surface area contributed by atoms with Gasteiger partial charge in [-0.2, -0.15) is 0 Å². The van der Waals surface area contributed by atoms with E-state index in [1.807, 2.05) is 6.92 Å². The average Bonchev–Trinajstić information content (AvgIpc) is 3.29. The van der Waals surface area contributed by atoms with Crippen LogP contribution < -0.4 is 15.4 Å². The second-order valence-corrected chi connectivity index (χ2v) is 7.82. The lowest BCUT2D eigenvalue weighted by Gasteiger charge is -2.28. The molecule has 0 spiro atoms. The molecule has 2 fully saturated rings. The van der Waals surface area contributed by atoms with E-state index in [0.29, 0.717) is 17.4 Å². The Balaban J connectivity index is 1.27. The quantitative estimate of drug-likeness (QED) is 0.772. The van der Waals surface area contributed by atoms with Crippen LogP contribution in [0.15, 0.2) is 18.2 Å². The first-order valence-corrected chi connectivity index (χ1v) is 9.53. The van der Waals surface area contributed by atoms with Gasteiger partial charge in [-0.05, 0) is 62.1 Å². The minimum Gasteiger partial charge on any atom is -0.482 e. The van der Waals surface area contributed by atoms with Crippen LogP contribution >= 0.6 is 0 Å². The third-order valence-corrected chi connectivity index (χ3v) is 6.01. The van der Waals surface area contributed by atoms with E-state index >= 15 is 0 Å². The molecule has 144 valence electrons. The van der Waals surface area contributed by atoms with E-state index in [2.05, 4.69) is 10.6 Å². The van der Waals surface area contributed by atoms with E-state index in [9.17, 15) is 14.4 Å². The minimum absolute atomic E-state index is 0.0885. The molecule has 2 N–H and O–H groups in total. The Kier molecular flexibility index (Phi) is 4.76. The van der Waals surface area contributed by atoms with Gasteiger partial charge in [-0.25, -0.2) is 4.79 Å². The molecule has 3 aliphatic rings. The van der Waals surface area contributed by atoms with Crippen molar-refractivity contribution in [2.75, 3.05) is 18.5 Å². The van der Waals surface area contributed by atoms with Crippen molar-refractivity contribution in [1.29, 1.82) is 0 Å². The van der Waals surface area contributed by atoms with E-state index in [1.54, 1.807) is 6.07 Å². The summed E-state index contributed by atoms with van der Waals surface area (Å²) < 4.78 is 10.4. The molecule has 2 bridgehead atoms. The van der Waals surface area contributed by atoms with Crippen molar-refractivity contribution in [3.05, 3.63) is 23.8 Å². The van der Waals surface area contributed by atoms with Gasteiger partial charge in [-0.3, -0.25) is 9.59 Å². The molecule has 1 aromatic rings. The summed E-state index contributed by atoms with van der Waals surface area (Å²) in [7, 11) is 0. The molecule has 7 nitrogen and oxygen atoms in total. The van der Waals surface area contributed by atoms with Gasteiger partial charge in [0.1, 0.15) is 5.75 Å². The van der Waals surface area contributed by atoms with Gasteiger partial charge >= 0.3 is 5.97 Å². The molecule has 27 heavy (non-hydrogen) atoms. The van der Waals surface area contributed by atoms with Crippen LogP contribution in [0, 0.1) is 17.8 Å². The molecule has 0 unspecified atom stereocenters. The molecular weight excluding hydrogens is 348 g/mol. The van der Waals surface area contributed by atoms with E-state index < -0.39 is 5.97 Å². The SMILES string of the molecule is C[C@H](NC(=O)COC(=O)c1ccc2c(c1)OCC(=O)N2)[C@@H]1C[C@H]2CC[C@H]1C2. The standard InChI is InChI=1S/C20H24N2O5/c1-11(15-7-12-2-3-13(15)6-12)21-18(23)10-27-20(25)14-4-5-16-17(8-14)26-9-19(24)22-16/h4-5,8,11-13,15H,2-3,6-7,9-10H2,1H3,(H,21,23)(H,22,24)/t11-,12-,13-,15-/m0/s1. The van der Waals surface area contributed by atoms with Crippen LogP contribution in [0.3, 0.4) is 0 Å². The summed E-state index contributed by atoms with van der Waals surface area (Å²) in [4.78, 5) is 35.6. The molecule has 2 aliphatic carbocycles. The van der Waals surface area contributed by atoms with Gasteiger partial charge in [0.25, 0.3) is 11.8 Å². The molecule has 2 amide bonds. The second kappa shape index (κ2) is 7.21. The number of esters is 1. The van der Waals surface area contributed by atoms with Crippen LogP contribution in [0.25, 0.3) is 0 Å². The van der Waals surface area contributed by atoms with Crippen LogP contribution in [0.2, 0.25) is 0 Å². The van der Waals surface area contributed by atoms with Gasteiger partial charge in [0.2, 0.25) is 0 Å². The summed E-state index contributed by atoms with van der Waals surface area (Å²) in [6.45, 7) is 1.65. The lowest BCUT2D eigenvalue weighted by atomic mass is 9.84. The smallest absolute Gasteiger partial charge is 0.338 e. The summed E-state index contributed by atoms with van der Waals surface area (Å²) in [6.07, 6.45) is 5.08. The van der Waals surface area contributed by atoms with Crippen molar-refractivity contribution in [1.82, 2.24) is 5.32 Å². The highest BCUT2D eigenvalue weighted by molar-refractivity contribution is 5.97. The number of carbonyl (C=O) groups is 3. The normalized spacial score (nSPS) is 26.6. The number of hydrogen-bond donors (Lipinski definition) is 2. The Bertz CT molecular complexity index is 778. The largest absolute Gasteiger partial charge is 0.482 e. The van der Waals surface area contributed by atoms with Crippen molar-refractivity contribution < 1.29 is 23.9 Å². The maximum absolute atomic E-state index is 12.2. The third kappa shape index (κ3) is 3.77. The predicted molar refractivity (Wildman–Crippen MR) is 97.4 cm³/mol. The zero-order valence-corrected chi connectivity index (χ0v) is 15.3. The average molecular weight is 372 g/mol. The number of hydrogen-bond acceptors (Lipinski definition) is 5. The molecule has 4 rings (SSSR count). The highest BCUT2D eigenvalue weighted by Crippen LogP contribution is 2.49. The van der Waals surface area contributed by atoms with E-state index in [1.165, 1.54) is 37.8 Å². The Hall–Kier alpha value is -2.57. The maximum atomic E-state index is 12.2. The van der Waals surface area contributed by atoms with Crippen LogP contribution in [0.4, 0.5) is 5.69 Å². The summed E-state index contributed by atoms with van der Waals surface area (Å²) >= 11 is 0. The minimum atomic E-state index is -0.596. The lowest BCUT2D eigenvalue weighted by Crippen LogP contribution is -2.42. The zero-order chi connectivity index (χ0) is 19.0. The van der Waals surface area contributed by atoms with Gasteiger partial charge in [0.15, 0.2) is 13.2 Å². The molecule has 1 aromatic carbocycles. The fraction of sp³-hybridized carbons (Fsp3) is 0.550. The Morgan fingerprint density at radius 3 is 2.93 bits per heavy atom. The maximum Gasteiger partial charge on any atom is 0.338 e. The number of rotatable bonds is 5. The molecule has 1 aliphatic heterocycles. The molecule has 4 atom stereocenters. The first-order valence-electron chi connectivity index (χ1n) is 9.53. The number of amides is 2. The molecule has 2 saturated carbocycles. The number of benzene rings is 1. The highest BCUT2D eigenvalue weighted by Gasteiger charge is 2.42. The molecular formula is C20H24N2O5. The van der Waals surface area contributed by atoms with Crippen molar-refractivity contribution >= 4 is 23.5 Å². The van der Waals surface area contributed by atoms with Crippen LogP contribution in [0.5, 0.6) is 5.75 Å². The first kappa shape index (κ1) is 17.8. The summed E-state index contributed by atoms with van der Waals surface area (Å²) in [5.74, 6) is 1.40. The lowest BCUT2D eigenvalue weighted by molar-refractivity contribution is -0.125. The van der Waals surface area contributed by atoms with Crippen molar-refractivity contribution in [2.24, 2.45) is 17.8 Å². The molecule has 7 heteroatoms. The van der Waals surface area contributed by atoms with Crippen molar-refractivity contribution in [3.63, 3.8) is 0 Å². The Morgan fingerprint density at radius 1 is 1.33 bits per heavy atom. The molecule has 0 radical (unpaired) electrons. The van der Waals surface area contributed by atoms with Crippen LogP contribution in [0.1, 0.15) is 43.0 Å². The second-order valence-electron chi connectivity index (χ2n) is 7.82. The Labute approximate surface area is 157 Å². The van der Waals surface area contributed by atoms with Gasteiger partial charge in [0.05, 0.1) is 11.3 Å².